The molecule has 26 heavy (non-hydrogen) atoms. The van der Waals surface area contributed by atoms with Crippen molar-refractivity contribution in [1.29, 1.82) is 0 Å². The molecular weight excluding hydrogens is 422 g/mol. The number of ether oxygens (including phenoxy) is 2. The Hall–Kier alpha value is -2.05. The van der Waals surface area contributed by atoms with Crippen LogP contribution in [0, 0.1) is 0 Å². The predicted molar refractivity (Wildman–Crippen MR) is 103 cm³/mol. The van der Waals surface area contributed by atoms with Crippen LogP contribution in [0.2, 0.25) is 5.02 Å². The Kier molecular flexibility index (Phi) is 7.06. The van der Waals surface area contributed by atoms with Gasteiger partial charge in [-0.15, -0.1) is 0 Å². The highest BCUT2D eigenvalue weighted by Gasteiger charge is 2.20. The van der Waals surface area contributed by atoms with E-state index in [9.17, 15) is 9.59 Å². The van der Waals surface area contributed by atoms with E-state index in [1.165, 1.54) is 7.11 Å². The minimum atomic E-state index is -0.660. The van der Waals surface area contributed by atoms with Crippen molar-refractivity contribution in [3.8, 4) is 5.75 Å². The van der Waals surface area contributed by atoms with Gasteiger partial charge in [0.25, 0.3) is 5.91 Å². The molecule has 1 amide bonds. The molecule has 0 radical (unpaired) electrons. The molecule has 1 unspecified atom stereocenters. The third-order valence-electron chi connectivity index (χ3n) is 3.72. The lowest BCUT2D eigenvalue weighted by Gasteiger charge is -2.22. The van der Waals surface area contributed by atoms with E-state index >= 15 is 0 Å². The number of methoxy groups -OCH3 is 1. The van der Waals surface area contributed by atoms with Crippen LogP contribution < -0.4 is 4.74 Å². The maximum Gasteiger partial charge on any atom is 0.337 e. The van der Waals surface area contributed by atoms with Crippen molar-refractivity contribution in [2.24, 2.45) is 0 Å². The molecule has 0 aliphatic heterocycles. The molecule has 5 nitrogen and oxygen atoms in total. The number of hydrogen-bond donors (Lipinski definition) is 0. The summed E-state index contributed by atoms with van der Waals surface area (Å²) in [5.41, 5.74) is 1.36. The standard InChI is InChI=1S/C19H19BrClNO4/c1-12(26-17-9-8-15(21)10-16(17)20)18(23)22(2)11-13-4-6-14(7-5-13)19(24)25-3/h4-10,12H,11H2,1-3H3. The summed E-state index contributed by atoms with van der Waals surface area (Å²) in [6, 6.07) is 12.0. The second-order valence-corrected chi connectivity index (χ2v) is 7.01. The van der Waals surface area contributed by atoms with Crippen molar-refractivity contribution >= 4 is 39.4 Å². The summed E-state index contributed by atoms with van der Waals surface area (Å²) in [6.45, 7) is 2.09. The van der Waals surface area contributed by atoms with E-state index < -0.39 is 12.1 Å². The van der Waals surface area contributed by atoms with E-state index in [4.69, 9.17) is 16.3 Å². The van der Waals surface area contributed by atoms with Crippen LogP contribution >= 0.6 is 27.5 Å². The maximum absolute atomic E-state index is 12.5. The molecule has 0 aromatic heterocycles. The Morgan fingerprint density at radius 3 is 2.42 bits per heavy atom. The smallest absolute Gasteiger partial charge is 0.337 e. The quantitative estimate of drug-likeness (QED) is 0.628. The number of rotatable bonds is 6. The van der Waals surface area contributed by atoms with E-state index in [0.29, 0.717) is 27.4 Å². The molecule has 0 aliphatic carbocycles. The normalized spacial score (nSPS) is 11.6. The molecule has 0 aliphatic rings. The first-order valence-corrected chi connectivity index (χ1v) is 9.03. The molecule has 0 bridgehead atoms. The summed E-state index contributed by atoms with van der Waals surface area (Å²) < 4.78 is 11.1. The van der Waals surface area contributed by atoms with E-state index in [0.717, 1.165) is 5.56 Å². The number of benzene rings is 2. The van der Waals surface area contributed by atoms with Crippen molar-refractivity contribution in [3.05, 3.63) is 63.1 Å². The first kappa shape index (κ1) is 20.3. The SMILES string of the molecule is COC(=O)c1ccc(CN(C)C(=O)C(C)Oc2ccc(Cl)cc2Br)cc1. The van der Waals surface area contributed by atoms with Gasteiger partial charge in [0, 0.05) is 18.6 Å². The van der Waals surface area contributed by atoms with Crippen molar-refractivity contribution in [1.82, 2.24) is 4.90 Å². The molecule has 0 spiro atoms. The highest BCUT2D eigenvalue weighted by atomic mass is 79.9. The summed E-state index contributed by atoms with van der Waals surface area (Å²) in [6.07, 6.45) is -0.660. The van der Waals surface area contributed by atoms with Gasteiger partial charge in [-0.25, -0.2) is 4.79 Å². The molecule has 0 saturated carbocycles. The van der Waals surface area contributed by atoms with Gasteiger partial charge in [-0.05, 0) is 58.7 Å². The summed E-state index contributed by atoms with van der Waals surface area (Å²) in [5.74, 6) is -0.00785. The zero-order valence-electron chi connectivity index (χ0n) is 14.7. The van der Waals surface area contributed by atoms with Crippen LogP contribution in [-0.4, -0.2) is 37.0 Å². The lowest BCUT2D eigenvalue weighted by Crippen LogP contribution is -2.37. The van der Waals surface area contributed by atoms with Gasteiger partial charge in [0.2, 0.25) is 0 Å². The van der Waals surface area contributed by atoms with E-state index in [2.05, 4.69) is 20.7 Å². The minimum absolute atomic E-state index is 0.163. The van der Waals surface area contributed by atoms with Gasteiger partial charge in [-0.1, -0.05) is 23.7 Å². The van der Waals surface area contributed by atoms with Crippen molar-refractivity contribution in [2.75, 3.05) is 14.2 Å². The molecule has 0 N–H and O–H groups in total. The molecule has 138 valence electrons. The van der Waals surface area contributed by atoms with Crippen molar-refractivity contribution < 1.29 is 19.1 Å². The van der Waals surface area contributed by atoms with Crippen LogP contribution in [0.15, 0.2) is 46.9 Å². The van der Waals surface area contributed by atoms with Crippen LogP contribution in [0.5, 0.6) is 5.75 Å². The average Bonchev–Trinajstić information content (AvgIpc) is 2.63. The number of amides is 1. The average molecular weight is 441 g/mol. The molecule has 2 aromatic rings. The molecule has 0 heterocycles. The van der Waals surface area contributed by atoms with E-state index in [-0.39, 0.29) is 5.91 Å². The topological polar surface area (TPSA) is 55.8 Å². The van der Waals surface area contributed by atoms with Gasteiger partial charge in [-0.2, -0.15) is 0 Å². The van der Waals surface area contributed by atoms with Crippen LogP contribution in [0.25, 0.3) is 0 Å². The molecule has 7 heteroatoms. The summed E-state index contributed by atoms with van der Waals surface area (Å²) >= 11 is 9.27. The Balaban J connectivity index is 1.98. The Bertz CT molecular complexity index is 795. The number of esters is 1. The summed E-state index contributed by atoms with van der Waals surface area (Å²) in [5, 5.41) is 0.579. The number of nitrogens with zero attached hydrogens (tertiary/aromatic N) is 1. The predicted octanol–water partition coefficient (Wildman–Crippen LogP) is 4.32. The fourth-order valence-electron chi connectivity index (χ4n) is 2.34. The molecule has 1 atom stereocenters. The lowest BCUT2D eigenvalue weighted by atomic mass is 10.1. The van der Waals surface area contributed by atoms with Crippen molar-refractivity contribution in [2.45, 2.75) is 19.6 Å². The van der Waals surface area contributed by atoms with Crippen LogP contribution in [0.1, 0.15) is 22.8 Å². The third kappa shape index (κ3) is 5.22. The van der Waals surface area contributed by atoms with Gasteiger partial charge in [0.15, 0.2) is 6.10 Å². The monoisotopic (exact) mass is 439 g/mol. The highest BCUT2D eigenvalue weighted by molar-refractivity contribution is 9.10. The molecule has 2 rings (SSSR count). The van der Waals surface area contributed by atoms with Crippen LogP contribution in [0.4, 0.5) is 0 Å². The van der Waals surface area contributed by atoms with Crippen molar-refractivity contribution in [3.63, 3.8) is 0 Å². The Morgan fingerprint density at radius 1 is 1.19 bits per heavy atom. The first-order valence-electron chi connectivity index (χ1n) is 7.85. The van der Waals surface area contributed by atoms with Gasteiger partial charge in [-0.3, -0.25) is 4.79 Å². The van der Waals surface area contributed by atoms with E-state index in [1.807, 2.05) is 0 Å². The fraction of sp³-hybridized carbons (Fsp3) is 0.263. The van der Waals surface area contributed by atoms with Gasteiger partial charge in [0.05, 0.1) is 17.1 Å². The first-order chi connectivity index (χ1) is 12.3. The largest absolute Gasteiger partial charge is 0.480 e. The summed E-state index contributed by atoms with van der Waals surface area (Å²) in [7, 11) is 3.04. The van der Waals surface area contributed by atoms with Crippen LogP contribution in [-0.2, 0) is 16.1 Å². The summed E-state index contributed by atoms with van der Waals surface area (Å²) in [4.78, 5) is 25.6. The second-order valence-electron chi connectivity index (χ2n) is 5.72. The number of likely N-dealkylation sites (N-methyl/N-ethyl adjacent to an activating group) is 1. The number of hydrogen-bond acceptors (Lipinski definition) is 4. The molecule has 0 fully saturated rings. The second kappa shape index (κ2) is 9.05. The number of halogens is 2. The van der Waals surface area contributed by atoms with E-state index in [1.54, 1.807) is 61.3 Å². The van der Waals surface area contributed by atoms with Gasteiger partial charge >= 0.3 is 5.97 Å². The van der Waals surface area contributed by atoms with Crippen LogP contribution in [0.3, 0.4) is 0 Å². The lowest BCUT2D eigenvalue weighted by molar-refractivity contribution is -0.137. The minimum Gasteiger partial charge on any atom is -0.480 e. The Morgan fingerprint density at radius 2 is 1.85 bits per heavy atom. The zero-order chi connectivity index (χ0) is 19.3. The fourth-order valence-corrected chi connectivity index (χ4v) is 3.11. The van der Waals surface area contributed by atoms with Gasteiger partial charge < -0.3 is 14.4 Å². The zero-order valence-corrected chi connectivity index (χ0v) is 17.0. The molecular formula is C19H19BrClNO4. The molecule has 2 aromatic carbocycles. The molecule has 0 saturated heterocycles. The third-order valence-corrected chi connectivity index (χ3v) is 4.57. The highest BCUT2D eigenvalue weighted by Crippen LogP contribution is 2.29. The number of carbonyl (C=O) groups is 2. The van der Waals surface area contributed by atoms with Gasteiger partial charge in [0.1, 0.15) is 5.75 Å². The Labute approximate surface area is 166 Å². The maximum atomic E-state index is 12.5. The number of carbonyl (C=O) groups excluding carboxylic acids is 2.